The first-order chi connectivity index (χ1) is 12.5. The van der Waals surface area contributed by atoms with Gasteiger partial charge in [0.1, 0.15) is 5.82 Å². The van der Waals surface area contributed by atoms with Crippen molar-refractivity contribution in [3.63, 3.8) is 0 Å². The zero-order chi connectivity index (χ0) is 18.7. The minimum Gasteiger partial charge on any atom is -0.342 e. The molecule has 0 bridgehead atoms. The van der Waals surface area contributed by atoms with Gasteiger partial charge in [-0.3, -0.25) is 4.79 Å². The molecule has 1 fully saturated rings. The van der Waals surface area contributed by atoms with Crippen molar-refractivity contribution in [2.45, 2.75) is 37.9 Å². The summed E-state index contributed by atoms with van der Waals surface area (Å²) in [5.41, 5.74) is 0.713. The number of aryl methyl sites for hydroxylation is 1. The molecule has 0 N–H and O–H groups in total. The SMILES string of the molecule is CCS[C@H](C)C(=O)N1CCC(c2nn(C)c(=O)n2-c2ccccc2)CC1. The molecule has 0 radical (unpaired) electrons. The molecule has 6 nitrogen and oxygen atoms in total. The number of carbonyl (C=O) groups excluding carboxylic acids is 1. The van der Waals surface area contributed by atoms with E-state index >= 15 is 0 Å². The lowest BCUT2D eigenvalue weighted by molar-refractivity contribution is -0.131. The van der Waals surface area contributed by atoms with Gasteiger partial charge in [-0.25, -0.2) is 14.0 Å². The first-order valence-corrected chi connectivity index (χ1v) is 10.2. The van der Waals surface area contributed by atoms with Crippen molar-refractivity contribution in [2.24, 2.45) is 7.05 Å². The molecule has 7 heteroatoms. The molecular weight excluding hydrogens is 348 g/mol. The lowest BCUT2D eigenvalue weighted by atomic mass is 9.95. The number of amides is 1. The Hall–Kier alpha value is -2.02. The molecule has 1 amide bonds. The van der Waals surface area contributed by atoms with Crippen molar-refractivity contribution in [1.82, 2.24) is 19.2 Å². The number of piperidine rings is 1. The molecule has 0 saturated carbocycles. The highest BCUT2D eigenvalue weighted by Crippen LogP contribution is 2.28. The lowest BCUT2D eigenvalue weighted by Gasteiger charge is -2.33. The number of thioether (sulfide) groups is 1. The number of likely N-dealkylation sites (tertiary alicyclic amines) is 1. The second kappa shape index (κ2) is 8.12. The van der Waals surface area contributed by atoms with E-state index in [1.807, 2.05) is 42.2 Å². The normalized spacial score (nSPS) is 16.7. The third-order valence-electron chi connectivity index (χ3n) is 4.90. The van der Waals surface area contributed by atoms with Crippen LogP contribution in [0.4, 0.5) is 0 Å². The molecule has 1 aromatic heterocycles. The maximum atomic E-state index is 12.6. The van der Waals surface area contributed by atoms with Gasteiger partial charge < -0.3 is 4.90 Å². The molecule has 3 rings (SSSR count). The van der Waals surface area contributed by atoms with Crippen molar-refractivity contribution in [1.29, 1.82) is 0 Å². The van der Waals surface area contributed by atoms with Gasteiger partial charge in [0, 0.05) is 26.1 Å². The van der Waals surface area contributed by atoms with E-state index in [1.54, 1.807) is 23.4 Å². The predicted molar refractivity (Wildman–Crippen MR) is 105 cm³/mol. The second-order valence-corrected chi connectivity index (χ2v) is 8.25. The fourth-order valence-corrected chi connectivity index (χ4v) is 4.30. The largest absolute Gasteiger partial charge is 0.350 e. The number of benzene rings is 1. The molecule has 1 aliphatic rings. The molecule has 1 aliphatic heterocycles. The van der Waals surface area contributed by atoms with E-state index in [9.17, 15) is 9.59 Å². The molecule has 1 saturated heterocycles. The Labute approximate surface area is 158 Å². The van der Waals surface area contributed by atoms with Crippen LogP contribution < -0.4 is 5.69 Å². The van der Waals surface area contributed by atoms with Crippen LogP contribution in [0, 0.1) is 0 Å². The van der Waals surface area contributed by atoms with Crippen molar-refractivity contribution in [3.05, 3.63) is 46.6 Å². The van der Waals surface area contributed by atoms with Gasteiger partial charge in [0.15, 0.2) is 0 Å². The average molecular weight is 375 g/mol. The molecule has 26 heavy (non-hydrogen) atoms. The average Bonchev–Trinajstić information content (AvgIpc) is 2.97. The van der Waals surface area contributed by atoms with Gasteiger partial charge in [0.25, 0.3) is 0 Å². The Morgan fingerprint density at radius 2 is 1.92 bits per heavy atom. The van der Waals surface area contributed by atoms with Crippen LogP contribution in [0.2, 0.25) is 0 Å². The van der Waals surface area contributed by atoms with Crippen molar-refractivity contribution >= 4 is 17.7 Å². The lowest BCUT2D eigenvalue weighted by Crippen LogP contribution is -2.42. The van der Waals surface area contributed by atoms with Gasteiger partial charge in [0.05, 0.1) is 10.9 Å². The molecule has 140 valence electrons. The molecule has 2 heterocycles. The van der Waals surface area contributed by atoms with Crippen LogP contribution in [0.1, 0.15) is 38.4 Å². The highest BCUT2D eigenvalue weighted by Gasteiger charge is 2.30. The summed E-state index contributed by atoms with van der Waals surface area (Å²) in [5, 5.41) is 4.51. The standard InChI is InChI=1S/C19H26N4O2S/c1-4-26-14(2)18(24)22-12-10-15(11-13-22)17-20-21(3)19(25)23(17)16-8-6-5-7-9-16/h5-9,14-15H,4,10-13H2,1-3H3/t14-/m1/s1. The zero-order valence-corrected chi connectivity index (χ0v) is 16.4. The van der Waals surface area contributed by atoms with E-state index < -0.39 is 0 Å². The molecule has 1 aromatic carbocycles. The topological polar surface area (TPSA) is 60.1 Å². The van der Waals surface area contributed by atoms with E-state index in [0.29, 0.717) is 0 Å². The van der Waals surface area contributed by atoms with Crippen LogP contribution in [-0.4, -0.2) is 49.2 Å². The first-order valence-electron chi connectivity index (χ1n) is 9.14. The van der Waals surface area contributed by atoms with Crippen LogP contribution in [0.5, 0.6) is 0 Å². The minimum atomic E-state index is -0.127. The number of carbonyl (C=O) groups is 1. The van der Waals surface area contributed by atoms with Crippen LogP contribution in [0.15, 0.2) is 35.1 Å². The van der Waals surface area contributed by atoms with E-state index in [1.165, 1.54) is 4.68 Å². The smallest absolute Gasteiger partial charge is 0.342 e. The minimum absolute atomic E-state index is 0.00824. The van der Waals surface area contributed by atoms with Crippen molar-refractivity contribution in [3.8, 4) is 5.69 Å². The Balaban J connectivity index is 1.78. The predicted octanol–water partition coefficient (Wildman–Crippen LogP) is 2.42. The number of aromatic nitrogens is 3. The van der Waals surface area contributed by atoms with E-state index in [-0.39, 0.29) is 22.8 Å². The number of hydrogen-bond acceptors (Lipinski definition) is 4. The quantitative estimate of drug-likeness (QED) is 0.806. The summed E-state index contributed by atoms with van der Waals surface area (Å²) in [7, 11) is 1.69. The van der Waals surface area contributed by atoms with Gasteiger partial charge in [-0.05, 0) is 37.7 Å². The third kappa shape index (κ3) is 3.72. The summed E-state index contributed by atoms with van der Waals surface area (Å²) < 4.78 is 3.11. The van der Waals surface area contributed by atoms with E-state index in [0.717, 1.165) is 43.2 Å². The number of para-hydroxylation sites is 1. The van der Waals surface area contributed by atoms with Crippen molar-refractivity contribution in [2.75, 3.05) is 18.8 Å². The fraction of sp³-hybridized carbons (Fsp3) is 0.526. The molecule has 0 aliphatic carbocycles. The van der Waals surface area contributed by atoms with Crippen LogP contribution >= 0.6 is 11.8 Å². The fourth-order valence-electron chi connectivity index (χ4n) is 3.50. The van der Waals surface area contributed by atoms with Crippen LogP contribution in [0.25, 0.3) is 5.69 Å². The Bertz CT molecular complexity index is 807. The first kappa shape index (κ1) is 18.8. The van der Waals surface area contributed by atoms with Gasteiger partial charge >= 0.3 is 5.69 Å². The van der Waals surface area contributed by atoms with E-state index in [2.05, 4.69) is 12.0 Å². The Morgan fingerprint density at radius 1 is 1.27 bits per heavy atom. The summed E-state index contributed by atoms with van der Waals surface area (Å²) in [6.45, 7) is 5.49. The Morgan fingerprint density at radius 3 is 2.54 bits per heavy atom. The van der Waals surface area contributed by atoms with Crippen molar-refractivity contribution < 1.29 is 4.79 Å². The number of hydrogen-bond donors (Lipinski definition) is 0. The van der Waals surface area contributed by atoms with Crippen LogP contribution in [-0.2, 0) is 11.8 Å². The van der Waals surface area contributed by atoms with Crippen LogP contribution in [0.3, 0.4) is 0 Å². The summed E-state index contributed by atoms with van der Waals surface area (Å²) in [6.07, 6.45) is 1.66. The molecule has 0 unspecified atom stereocenters. The number of nitrogens with zero attached hydrogens (tertiary/aromatic N) is 4. The maximum Gasteiger partial charge on any atom is 0.350 e. The summed E-state index contributed by atoms with van der Waals surface area (Å²) in [6, 6.07) is 9.63. The Kier molecular flexibility index (Phi) is 5.86. The summed E-state index contributed by atoms with van der Waals surface area (Å²) >= 11 is 1.68. The summed E-state index contributed by atoms with van der Waals surface area (Å²) in [5.74, 6) is 2.14. The highest BCUT2D eigenvalue weighted by atomic mass is 32.2. The third-order valence-corrected chi connectivity index (χ3v) is 5.94. The summed E-state index contributed by atoms with van der Waals surface area (Å²) in [4.78, 5) is 27.0. The highest BCUT2D eigenvalue weighted by molar-refractivity contribution is 8.00. The zero-order valence-electron chi connectivity index (χ0n) is 15.6. The maximum absolute atomic E-state index is 12.6. The van der Waals surface area contributed by atoms with Gasteiger partial charge in [-0.15, -0.1) is 11.8 Å². The number of rotatable bonds is 5. The molecule has 0 spiro atoms. The monoisotopic (exact) mass is 374 g/mol. The second-order valence-electron chi connectivity index (χ2n) is 6.63. The van der Waals surface area contributed by atoms with Gasteiger partial charge in [-0.1, -0.05) is 25.1 Å². The van der Waals surface area contributed by atoms with Gasteiger partial charge in [0.2, 0.25) is 5.91 Å². The molecule has 1 atom stereocenters. The van der Waals surface area contributed by atoms with E-state index in [4.69, 9.17) is 0 Å². The molecular formula is C19H26N4O2S. The molecule has 2 aromatic rings. The van der Waals surface area contributed by atoms with Gasteiger partial charge in [-0.2, -0.15) is 5.10 Å².